The van der Waals surface area contributed by atoms with Crippen molar-refractivity contribution in [3.05, 3.63) is 125 Å². The molecule has 45 heavy (non-hydrogen) atoms. The molecule has 5 rings (SSSR count). The summed E-state index contributed by atoms with van der Waals surface area (Å²) in [5.74, 6) is 0.522. The molecule has 0 aliphatic heterocycles. The monoisotopic (exact) mass is 722 g/mol. The first-order valence-corrected chi connectivity index (χ1v) is 17.1. The number of hydrogen-bond donors (Lipinski definition) is 0. The number of aryl methyl sites for hydroxylation is 1. The molecule has 0 spiro atoms. The molecule has 0 N–H and O–H groups in total. The fourth-order valence-electron chi connectivity index (χ4n) is 5.20. The van der Waals surface area contributed by atoms with E-state index < -0.39 is 0 Å². The van der Waals surface area contributed by atoms with E-state index in [4.69, 9.17) is 0 Å². The Morgan fingerprint density at radius 3 is 1.76 bits per heavy atom. The van der Waals surface area contributed by atoms with Crippen LogP contribution in [0.5, 0.6) is 0 Å². The minimum Gasteiger partial charge on any atom is -0.358 e. The van der Waals surface area contributed by atoms with Gasteiger partial charge in [-0.05, 0) is 17.4 Å². The van der Waals surface area contributed by atoms with Gasteiger partial charge in [0.25, 0.3) is 0 Å². The van der Waals surface area contributed by atoms with Gasteiger partial charge in [0.2, 0.25) is 0 Å². The van der Waals surface area contributed by atoms with E-state index >= 15 is 0 Å². The summed E-state index contributed by atoms with van der Waals surface area (Å²) in [6, 6.07) is 25.9. The second-order valence-electron chi connectivity index (χ2n) is 14.5. The van der Waals surface area contributed by atoms with Crippen molar-refractivity contribution in [1.82, 2.24) is 0 Å². The Morgan fingerprint density at radius 1 is 0.800 bits per heavy atom. The van der Waals surface area contributed by atoms with Crippen molar-refractivity contribution in [2.45, 2.75) is 107 Å². The number of fused-ring (bicyclic) bond motifs is 3. The first-order valence-electron chi connectivity index (χ1n) is 15.3. The van der Waals surface area contributed by atoms with E-state index in [1.54, 1.807) is 0 Å². The van der Waals surface area contributed by atoms with Gasteiger partial charge in [-0.2, -0.15) is 76.9 Å². The Hall–Kier alpha value is -1.53. The number of hydrogen-bond acceptors (Lipinski definition) is 0. The van der Waals surface area contributed by atoms with Crippen molar-refractivity contribution in [2.24, 2.45) is 11.3 Å². The van der Waals surface area contributed by atoms with Crippen LogP contribution in [-0.4, -0.2) is 4.21 Å². The molecule has 3 aromatic carbocycles. The summed E-state index contributed by atoms with van der Waals surface area (Å²) in [5, 5.41) is 0. The standard InChI is InChI=1S/C21H25.C12H19.C7H7.CH3.CH2.2ClH.Zr/c1-20(2,3)16-9-7-14-11-15-8-10-17(21(4,5)6)13-19(15)18(14)12-16;1-6-10-7-9(2)8-11(10)12(3,4)5;1-7-5-3-2-4-6-7;;;;;/h7,9-10,12-13H,11H2,1-6H3;8-9H,6H2,1-5H3;3-6H,1H3;1H3;1H2;2*1H;/q4*-1;;;;. The number of halogens is 2. The zero-order valence-corrected chi connectivity index (χ0v) is 34.4. The quantitative estimate of drug-likeness (QED) is 0.172. The van der Waals surface area contributed by atoms with Crippen molar-refractivity contribution in [1.29, 1.82) is 0 Å². The average Bonchev–Trinajstić information content (AvgIpc) is 3.49. The molecule has 2 aliphatic rings. The number of benzene rings is 3. The molecule has 0 fully saturated rings. The molecule has 2 aliphatic carbocycles. The maximum atomic E-state index is 3.53. The van der Waals surface area contributed by atoms with Gasteiger partial charge < -0.3 is 7.43 Å². The number of allylic oxidation sites excluding steroid dienone is 4. The van der Waals surface area contributed by atoms with Crippen LogP contribution in [0.2, 0.25) is 0 Å². The van der Waals surface area contributed by atoms with E-state index in [-0.39, 0.29) is 43.1 Å². The van der Waals surface area contributed by atoms with Gasteiger partial charge in [-0.1, -0.05) is 136 Å². The topological polar surface area (TPSA) is 0 Å². The molecule has 1 atom stereocenters. The maximum absolute atomic E-state index is 3.53. The van der Waals surface area contributed by atoms with Gasteiger partial charge in [-0.25, -0.2) is 5.57 Å². The van der Waals surface area contributed by atoms with Crippen LogP contribution in [0, 0.1) is 43.9 Å². The zero-order chi connectivity index (χ0) is 31.9. The van der Waals surface area contributed by atoms with Gasteiger partial charge in [-0.3, -0.25) is 6.08 Å². The summed E-state index contributed by atoms with van der Waals surface area (Å²) in [7, 11) is 0. The largest absolute Gasteiger partial charge is 0.358 e. The zero-order valence-electron chi connectivity index (χ0n) is 30.3. The Kier molecular flexibility index (Phi) is 19.6. The third kappa shape index (κ3) is 13.2. The van der Waals surface area contributed by atoms with Gasteiger partial charge in [0.05, 0.1) is 0 Å². The van der Waals surface area contributed by atoms with Crippen LogP contribution in [0.25, 0.3) is 11.1 Å². The number of rotatable bonds is 1. The van der Waals surface area contributed by atoms with E-state index in [9.17, 15) is 0 Å². The Bertz CT molecular complexity index is 1320. The average molecular weight is 725 g/mol. The van der Waals surface area contributed by atoms with Crippen molar-refractivity contribution < 1.29 is 24.2 Å². The Labute approximate surface area is 305 Å². The Balaban J connectivity index is 0. The fourth-order valence-corrected chi connectivity index (χ4v) is 5.20. The molecule has 0 radical (unpaired) electrons. The van der Waals surface area contributed by atoms with Gasteiger partial charge in [-0.15, -0.1) is 30.4 Å². The van der Waals surface area contributed by atoms with Crippen LogP contribution < -0.4 is 0 Å². The predicted octanol–water partition coefficient (Wildman–Crippen LogP) is 12.5. The van der Waals surface area contributed by atoms with Crippen molar-refractivity contribution in [3.63, 3.8) is 0 Å². The van der Waals surface area contributed by atoms with Gasteiger partial charge >= 0.3 is 28.4 Å². The van der Waals surface area contributed by atoms with E-state index in [2.05, 4.69) is 142 Å². The molecule has 1 unspecified atom stereocenters. The third-order valence-electron chi connectivity index (χ3n) is 7.72. The van der Waals surface area contributed by atoms with Crippen molar-refractivity contribution in [3.8, 4) is 11.1 Å². The minimum absolute atomic E-state index is 0. The smallest absolute Gasteiger partial charge is 0.358 e. The normalized spacial score (nSPS) is 14.3. The fraction of sp³-hybridized carbons (Fsp3) is 0.429. The molecule has 3 heteroatoms. The molecule has 0 amide bonds. The molecular weight excluding hydrogens is 667 g/mol. The Morgan fingerprint density at radius 2 is 1.33 bits per heavy atom. The first-order chi connectivity index (χ1) is 19.5. The molecule has 0 heterocycles. The molecule has 0 aromatic heterocycles. The van der Waals surface area contributed by atoms with E-state index in [0.29, 0.717) is 11.3 Å². The summed E-state index contributed by atoms with van der Waals surface area (Å²) >= 11 is 1.30. The van der Waals surface area contributed by atoms with Crippen LogP contribution in [0.3, 0.4) is 0 Å². The molecule has 0 saturated carbocycles. The predicted molar refractivity (Wildman–Crippen MR) is 203 cm³/mol. The van der Waals surface area contributed by atoms with Crippen LogP contribution in [-0.2, 0) is 41.5 Å². The molecule has 0 nitrogen and oxygen atoms in total. The second kappa shape index (κ2) is 19.3. The van der Waals surface area contributed by atoms with Crippen LogP contribution in [0.4, 0.5) is 0 Å². The van der Waals surface area contributed by atoms with Crippen molar-refractivity contribution >= 4 is 29.0 Å². The SMILES string of the molecule is CC(C)(C)c1c[c-]c2c(c1)-c1cc(C(C)(C)C)ccc1C2.CCC1=[C-]C(C)C=C1C(C)(C)C.Cc1cc[c-]cc1.Cl.Cl.[CH2]=[Zr].[CH3-]. The van der Waals surface area contributed by atoms with E-state index in [1.807, 2.05) is 24.3 Å². The summed E-state index contributed by atoms with van der Waals surface area (Å²) < 4.78 is 3.34. The summed E-state index contributed by atoms with van der Waals surface area (Å²) in [5.41, 5.74) is 13.3. The summed E-state index contributed by atoms with van der Waals surface area (Å²) in [6.07, 6.45) is 7.98. The van der Waals surface area contributed by atoms with Crippen LogP contribution in [0.15, 0.2) is 71.8 Å². The summed E-state index contributed by atoms with van der Waals surface area (Å²) in [6.45, 7) is 26.9. The van der Waals surface area contributed by atoms with Gasteiger partial charge in [0.1, 0.15) is 0 Å². The van der Waals surface area contributed by atoms with E-state index in [0.717, 1.165) is 12.8 Å². The third-order valence-corrected chi connectivity index (χ3v) is 7.72. The first kappa shape index (κ1) is 45.6. The second-order valence-corrected chi connectivity index (χ2v) is 14.5. The molecule has 0 saturated heterocycles. The molecule has 3 aromatic rings. The van der Waals surface area contributed by atoms with Gasteiger partial charge in [0.15, 0.2) is 0 Å². The van der Waals surface area contributed by atoms with E-state index in [1.165, 1.54) is 74.3 Å². The minimum atomic E-state index is 0. The molecular formula is C42H58Cl2Zr-4. The van der Waals surface area contributed by atoms with Crippen LogP contribution in [0.1, 0.15) is 110 Å². The maximum Gasteiger partial charge on any atom is -0.358 e. The van der Waals surface area contributed by atoms with Crippen LogP contribution >= 0.6 is 24.8 Å². The van der Waals surface area contributed by atoms with Crippen molar-refractivity contribution in [2.75, 3.05) is 0 Å². The molecule has 0 bridgehead atoms. The van der Waals surface area contributed by atoms with Gasteiger partial charge in [0, 0.05) is 0 Å². The summed E-state index contributed by atoms with van der Waals surface area (Å²) in [4.78, 5) is 0. The molecule has 248 valence electrons.